The molecule has 28 heavy (non-hydrogen) atoms. The number of benzene rings is 2. The zero-order valence-electron chi connectivity index (χ0n) is 16.1. The Morgan fingerprint density at radius 3 is 2.71 bits per heavy atom. The van der Waals surface area contributed by atoms with Crippen LogP contribution in [0.5, 0.6) is 11.5 Å². The Kier molecular flexibility index (Phi) is 5.99. The molecule has 0 bridgehead atoms. The Balaban J connectivity index is 1.63. The Morgan fingerprint density at radius 2 is 2.00 bits per heavy atom. The number of ether oxygens (including phenoxy) is 2. The number of carbonyl (C=O) groups excluding carboxylic acids is 2. The average Bonchev–Trinajstić information content (AvgIpc) is 2.66. The summed E-state index contributed by atoms with van der Waals surface area (Å²) in [5.74, 6) is 1.03. The molecule has 2 aromatic carbocycles. The van der Waals surface area contributed by atoms with Gasteiger partial charge in [0.25, 0.3) is 5.91 Å². The summed E-state index contributed by atoms with van der Waals surface area (Å²) < 4.78 is 11.3. The van der Waals surface area contributed by atoms with Crippen LogP contribution in [0.1, 0.15) is 20.3 Å². The minimum absolute atomic E-state index is 0.106. The first-order valence-corrected chi connectivity index (χ1v) is 9.18. The maximum absolute atomic E-state index is 12.4. The van der Waals surface area contributed by atoms with Crippen molar-refractivity contribution in [1.29, 1.82) is 0 Å². The molecule has 0 fully saturated rings. The zero-order valence-corrected chi connectivity index (χ0v) is 16.1. The molecule has 2 aromatic rings. The van der Waals surface area contributed by atoms with Crippen LogP contribution in [0.15, 0.2) is 60.7 Å². The summed E-state index contributed by atoms with van der Waals surface area (Å²) in [7, 11) is 0. The number of para-hydroxylation sites is 1. The molecular formula is C22H24N2O4. The van der Waals surface area contributed by atoms with Crippen molar-refractivity contribution >= 4 is 23.2 Å². The van der Waals surface area contributed by atoms with Crippen molar-refractivity contribution in [1.82, 2.24) is 0 Å². The van der Waals surface area contributed by atoms with Crippen LogP contribution in [0.2, 0.25) is 0 Å². The lowest BCUT2D eigenvalue weighted by atomic mass is 10.1. The van der Waals surface area contributed by atoms with Gasteiger partial charge in [0, 0.05) is 18.3 Å². The molecule has 6 nitrogen and oxygen atoms in total. The number of rotatable bonds is 7. The Labute approximate surface area is 164 Å². The predicted molar refractivity (Wildman–Crippen MR) is 109 cm³/mol. The Morgan fingerprint density at radius 1 is 1.25 bits per heavy atom. The van der Waals surface area contributed by atoms with Crippen LogP contribution in [0.4, 0.5) is 11.4 Å². The fourth-order valence-electron chi connectivity index (χ4n) is 2.92. The van der Waals surface area contributed by atoms with Crippen molar-refractivity contribution in [2.75, 3.05) is 23.4 Å². The van der Waals surface area contributed by atoms with E-state index in [1.54, 1.807) is 30.0 Å². The molecule has 1 atom stereocenters. The standard InChI is InChI=1S/C22H24N2O4/c1-15(2)14-24-19-10-9-17(13-20(19)28-16(3)22(24)26)23-21(25)11-12-27-18-7-5-4-6-8-18/h4-10,13,16H,1,11-12,14H2,2-3H3,(H,23,25). The quantitative estimate of drug-likeness (QED) is 0.742. The van der Waals surface area contributed by atoms with Crippen LogP contribution in [0.3, 0.4) is 0 Å². The molecule has 1 aliphatic rings. The van der Waals surface area contributed by atoms with Crippen LogP contribution in [-0.4, -0.2) is 31.1 Å². The number of carbonyl (C=O) groups is 2. The van der Waals surface area contributed by atoms with Crippen molar-refractivity contribution in [2.45, 2.75) is 26.4 Å². The van der Waals surface area contributed by atoms with Gasteiger partial charge in [-0.15, -0.1) is 0 Å². The Hall–Kier alpha value is -3.28. The largest absolute Gasteiger partial charge is 0.493 e. The van der Waals surface area contributed by atoms with E-state index in [-0.39, 0.29) is 24.8 Å². The van der Waals surface area contributed by atoms with Crippen LogP contribution >= 0.6 is 0 Å². The van der Waals surface area contributed by atoms with Crippen LogP contribution in [0, 0.1) is 0 Å². The normalized spacial score (nSPS) is 15.4. The number of hydrogen-bond donors (Lipinski definition) is 1. The van der Waals surface area contributed by atoms with Crippen molar-refractivity contribution in [2.24, 2.45) is 0 Å². The van der Waals surface area contributed by atoms with Crippen molar-refractivity contribution in [3.63, 3.8) is 0 Å². The molecule has 146 valence electrons. The third kappa shape index (κ3) is 4.71. The first kappa shape index (κ1) is 19.5. The summed E-state index contributed by atoms with van der Waals surface area (Å²) in [5.41, 5.74) is 2.17. The van der Waals surface area contributed by atoms with E-state index in [1.165, 1.54) is 0 Å². The lowest BCUT2D eigenvalue weighted by Gasteiger charge is -2.33. The second-order valence-corrected chi connectivity index (χ2v) is 6.78. The SMILES string of the molecule is C=C(C)CN1C(=O)C(C)Oc2cc(NC(=O)CCOc3ccccc3)ccc21. The summed E-state index contributed by atoms with van der Waals surface area (Å²) in [6.07, 6.45) is -0.360. The molecule has 1 N–H and O–H groups in total. The lowest BCUT2D eigenvalue weighted by molar-refractivity contribution is -0.125. The van der Waals surface area contributed by atoms with Gasteiger partial charge in [0.05, 0.1) is 18.7 Å². The van der Waals surface area contributed by atoms with Gasteiger partial charge in [0.1, 0.15) is 11.5 Å². The second kappa shape index (κ2) is 8.61. The first-order chi connectivity index (χ1) is 13.4. The average molecular weight is 380 g/mol. The highest BCUT2D eigenvalue weighted by Gasteiger charge is 2.31. The molecular weight excluding hydrogens is 356 g/mol. The van der Waals surface area contributed by atoms with Crippen molar-refractivity contribution < 1.29 is 19.1 Å². The van der Waals surface area contributed by atoms with E-state index in [2.05, 4.69) is 11.9 Å². The van der Waals surface area contributed by atoms with Gasteiger partial charge in [-0.3, -0.25) is 9.59 Å². The van der Waals surface area contributed by atoms with E-state index in [4.69, 9.17) is 9.47 Å². The van der Waals surface area contributed by atoms with Gasteiger partial charge in [-0.2, -0.15) is 0 Å². The van der Waals surface area contributed by atoms with E-state index in [9.17, 15) is 9.59 Å². The summed E-state index contributed by atoms with van der Waals surface area (Å²) in [6, 6.07) is 14.6. The molecule has 3 rings (SSSR count). The third-order valence-corrected chi connectivity index (χ3v) is 4.22. The van der Waals surface area contributed by atoms with Gasteiger partial charge >= 0.3 is 0 Å². The summed E-state index contributed by atoms with van der Waals surface area (Å²) >= 11 is 0. The molecule has 6 heteroatoms. The van der Waals surface area contributed by atoms with Crippen LogP contribution < -0.4 is 19.7 Å². The summed E-state index contributed by atoms with van der Waals surface area (Å²) in [6.45, 7) is 8.19. The number of nitrogens with one attached hydrogen (secondary N) is 1. The monoisotopic (exact) mass is 380 g/mol. The number of amides is 2. The van der Waals surface area contributed by atoms with Gasteiger partial charge in [0.2, 0.25) is 5.91 Å². The first-order valence-electron chi connectivity index (χ1n) is 9.18. The van der Waals surface area contributed by atoms with Crippen LogP contribution in [0.25, 0.3) is 0 Å². The molecule has 0 radical (unpaired) electrons. The molecule has 1 unspecified atom stereocenters. The maximum Gasteiger partial charge on any atom is 0.268 e. The van der Waals surface area contributed by atoms with E-state index in [1.807, 2.05) is 37.3 Å². The Bertz CT molecular complexity index is 879. The van der Waals surface area contributed by atoms with Gasteiger partial charge < -0.3 is 19.7 Å². The molecule has 0 spiro atoms. The van der Waals surface area contributed by atoms with Crippen LogP contribution in [-0.2, 0) is 9.59 Å². The summed E-state index contributed by atoms with van der Waals surface area (Å²) in [5, 5.41) is 2.84. The summed E-state index contributed by atoms with van der Waals surface area (Å²) in [4.78, 5) is 26.2. The molecule has 0 aromatic heterocycles. The molecule has 1 aliphatic heterocycles. The maximum atomic E-state index is 12.4. The van der Waals surface area contributed by atoms with Crippen molar-refractivity contribution in [3.8, 4) is 11.5 Å². The van der Waals surface area contributed by atoms with Gasteiger partial charge in [-0.25, -0.2) is 0 Å². The molecule has 1 heterocycles. The lowest BCUT2D eigenvalue weighted by Crippen LogP contribution is -2.45. The van der Waals surface area contributed by atoms with E-state index >= 15 is 0 Å². The number of fused-ring (bicyclic) bond motifs is 1. The number of anilines is 2. The third-order valence-electron chi connectivity index (χ3n) is 4.22. The smallest absolute Gasteiger partial charge is 0.268 e. The molecule has 2 amide bonds. The van der Waals surface area contributed by atoms with Gasteiger partial charge in [0.15, 0.2) is 6.10 Å². The fourth-order valence-corrected chi connectivity index (χ4v) is 2.92. The fraction of sp³-hybridized carbons (Fsp3) is 0.273. The number of hydrogen-bond acceptors (Lipinski definition) is 4. The van der Waals surface area contributed by atoms with Gasteiger partial charge in [-0.1, -0.05) is 30.4 Å². The highest BCUT2D eigenvalue weighted by Crippen LogP contribution is 2.36. The molecule has 0 saturated carbocycles. The van der Waals surface area contributed by atoms with Gasteiger partial charge in [-0.05, 0) is 38.1 Å². The molecule has 0 saturated heterocycles. The zero-order chi connectivity index (χ0) is 20.1. The minimum atomic E-state index is -0.586. The van der Waals surface area contributed by atoms with Crippen molar-refractivity contribution in [3.05, 3.63) is 60.7 Å². The second-order valence-electron chi connectivity index (χ2n) is 6.78. The minimum Gasteiger partial charge on any atom is -0.493 e. The van der Waals surface area contributed by atoms with E-state index < -0.39 is 6.10 Å². The highest BCUT2D eigenvalue weighted by molar-refractivity contribution is 6.01. The highest BCUT2D eigenvalue weighted by atomic mass is 16.5. The van der Waals surface area contributed by atoms with E-state index in [0.29, 0.717) is 23.7 Å². The predicted octanol–water partition coefficient (Wildman–Crippen LogP) is 3.78. The topological polar surface area (TPSA) is 67.9 Å². The number of nitrogens with zero attached hydrogens (tertiary/aromatic N) is 1. The molecule has 0 aliphatic carbocycles. The van der Waals surface area contributed by atoms with E-state index in [0.717, 1.165) is 11.3 Å².